The highest BCUT2D eigenvalue weighted by atomic mass is 16.5. The Kier molecular flexibility index (Phi) is 7.43. The Labute approximate surface area is 162 Å². The number of para-hydroxylation sites is 1. The van der Waals surface area contributed by atoms with Crippen LogP contribution in [0.25, 0.3) is 0 Å². The number of methoxy groups -OCH3 is 1. The van der Waals surface area contributed by atoms with E-state index in [1.165, 1.54) is 5.56 Å². The molecule has 4 heteroatoms. The van der Waals surface area contributed by atoms with Gasteiger partial charge in [-0.3, -0.25) is 9.69 Å². The van der Waals surface area contributed by atoms with E-state index in [-0.39, 0.29) is 5.78 Å². The molecule has 144 valence electrons. The normalized spacial score (nSPS) is 15.6. The maximum absolute atomic E-state index is 12.4. The zero-order chi connectivity index (χ0) is 18.9. The number of piperazine rings is 1. The van der Waals surface area contributed by atoms with Crippen LogP contribution in [0.5, 0.6) is 5.75 Å². The zero-order valence-electron chi connectivity index (χ0n) is 16.3. The number of carbonyl (C=O) groups is 1. The van der Waals surface area contributed by atoms with Gasteiger partial charge in [-0.25, -0.2) is 0 Å². The summed E-state index contributed by atoms with van der Waals surface area (Å²) < 4.78 is 5.29. The number of Topliss-reactive ketones (excluding diaryl/α,β-unsaturated/α-hetero) is 1. The molecule has 4 nitrogen and oxygen atoms in total. The second-order valence-electron chi connectivity index (χ2n) is 7.18. The summed E-state index contributed by atoms with van der Waals surface area (Å²) in [6.45, 7) is 6.60. The quantitative estimate of drug-likeness (QED) is 0.498. The molecule has 1 fully saturated rings. The van der Waals surface area contributed by atoms with Gasteiger partial charge in [0.25, 0.3) is 0 Å². The van der Waals surface area contributed by atoms with Gasteiger partial charge in [0.05, 0.1) is 12.7 Å². The number of benzene rings is 2. The molecule has 0 unspecified atom stereocenters. The molecular formula is C23H30N2O2. The molecule has 0 saturated carbocycles. The van der Waals surface area contributed by atoms with Gasteiger partial charge in [-0.2, -0.15) is 0 Å². The maximum Gasteiger partial charge on any atom is 0.166 e. The molecule has 2 aromatic carbocycles. The van der Waals surface area contributed by atoms with Gasteiger partial charge < -0.3 is 9.64 Å². The van der Waals surface area contributed by atoms with Crippen LogP contribution in [0.15, 0.2) is 54.6 Å². The number of hydrogen-bond donors (Lipinski definition) is 0. The van der Waals surface area contributed by atoms with Crippen LogP contribution in [-0.2, 0) is 6.54 Å². The van der Waals surface area contributed by atoms with Crippen molar-refractivity contribution < 1.29 is 9.53 Å². The van der Waals surface area contributed by atoms with Crippen LogP contribution in [0, 0.1) is 0 Å². The largest absolute Gasteiger partial charge is 0.496 e. The van der Waals surface area contributed by atoms with Gasteiger partial charge >= 0.3 is 0 Å². The molecule has 0 radical (unpaired) electrons. The van der Waals surface area contributed by atoms with E-state index in [0.29, 0.717) is 17.7 Å². The Hall–Kier alpha value is -2.17. The average Bonchev–Trinajstić information content (AvgIpc) is 2.73. The highest BCUT2D eigenvalue weighted by Gasteiger charge is 2.17. The Balaban J connectivity index is 1.33. The second-order valence-corrected chi connectivity index (χ2v) is 7.18. The van der Waals surface area contributed by atoms with Crippen molar-refractivity contribution >= 4 is 5.78 Å². The Morgan fingerprint density at radius 2 is 1.56 bits per heavy atom. The van der Waals surface area contributed by atoms with Gasteiger partial charge in [-0.05, 0) is 37.1 Å². The fourth-order valence-corrected chi connectivity index (χ4v) is 3.64. The van der Waals surface area contributed by atoms with Crippen molar-refractivity contribution in [1.29, 1.82) is 0 Å². The first kappa shape index (κ1) is 19.6. The molecule has 0 amide bonds. The summed E-state index contributed by atoms with van der Waals surface area (Å²) in [5.74, 6) is 0.858. The van der Waals surface area contributed by atoms with E-state index in [0.717, 1.165) is 52.1 Å². The number of unbranched alkanes of at least 4 members (excludes halogenated alkanes) is 1. The van der Waals surface area contributed by atoms with Crippen molar-refractivity contribution in [1.82, 2.24) is 9.80 Å². The number of hydrogen-bond acceptors (Lipinski definition) is 4. The van der Waals surface area contributed by atoms with Crippen molar-refractivity contribution in [2.45, 2.75) is 25.8 Å². The lowest BCUT2D eigenvalue weighted by Crippen LogP contribution is -2.46. The minimum absolute atomic E-state index is 0.181. The van der Waals surface area contributed by atoms with E-state index in [4.69, 9.17) is 4.74 Å². The van der Waals surface area contributed by atoms with Crippen molar-refractivity contribution in [3.8, 4) is 5.75 Å². The fourth-order valence-electron chi connectivity index (χ4n) is 3.64. The van der Waals surface area contributed by atoms with Crippen LogP contribution < -0.4 is 4.74 Å². The van der Waals surface area contributed by atoms with Gasteiger partial charge in [-0.1, -0.05) is 42.5 Å². The number of nitrogens with zero attached hydrogens (tertiary/aromatic N) is 2. The highest BCUT2D eigenvalue weighted by Crippen LogP contribution is 2.20. The van der Waals surface area contributed by atoms with Gasteiger partial charge in [0.15, 0.2) is 5.78 Å². The minimum Gasteiger partial charge on any atom is -0.496 e. The molecule has 27 heavy (non-hydrogen) atoms. The number of carbonyl (C=O) groups excluding carboxylic acids is 1. The molecule has 1 aliphatic rings. The van der Waals surface area contributed by atoms with E-state index >= 15 is 0 Å². The Bertz CT molecular complexity index is 709. The predicted octanol–water partition coefficient (Wildman–Crippen LogP) is 3.87. The summed E-state index contributed by atoms with van der Waals surface area (Å²) >= 11 is 0. The Morgan fingerprint density at radius 3 is 2.30 bits per heavy atom. The van der Waals surface area contributed by atoms with Crippen LogP contribution >= 0.6 is 0 Å². The first-order valence-corrected chi connectivity index (χ1v) is 9.91. The molecule has 2 aromatic rings. The highest BCUT2D eigenvalue weighted by molar-refractivity contribution is 5.98. The van der Waals surface area contributed by atoms with Crippen LogP contribution in [0.4, 0.5) is 0 Å². The van der Waals surface area contributed by atoms with E-state index in [1.807, 2.05) is 24.3 Å². The zero-order valence-corrected chi connectivity index (χ0v) is 16.3. The third-order valence-electron chi connectivity index (χ3n) is 5.25. The van der Waals surface area contributed by atoms with Crippen molar-refractivity contribution in [2.75, 3.05) is 39.8 Å². The van der Waals surface area contributed by atoms with Crippen LogP contribution in [-0.4, -0.2) is 55.4 Å². The monoisotopic (exact) mass is 366 g/mol. The fraction of sp³-hybridized carbons (Fsp3) is 0.435. The molecule has 0 aliphatic carbocycles. The molecule has 0 bridgehead atoms. The molecule has 0 N–H and O–H groups in total. The summed E-state index contributed by atoms with van der Waals surface area (Å²) in [4.78, 5) is 17.4. The molecule has 1 heterocycles. The molecule has 0 spiro atoms. The lowest BCUT2D eigenvalue weighted by atomic mass is 10.0. The number of ketones is 1. The van der Waals surface area contributed by atoms with Crippen molar-refractivity contribution in [3.63, 3.8) is 0 Å². The number of ether oxygens (including phenoxy) is 1. The van der Waals surface area contributed by atoms with Crippen LogP contribution in [0.2, 0.25) is 0 Å². The molecule has 1 saturated heterocycles. The summed E-state index contributed by atoms with van der Waals surface area (Å²) in [6.07, 6.45) is 2.59. The van der Waals surface area contributed by atoms with Crippen molar-refractivity contribution in [3.05, 3.63) is 65.7 Å². The van der Waals surface area contributed by atoms with Gasteiger partial charge in [0.2, 0.25) is 0 Å². The van der Waals surface area contributed by atoms with E-state index < -0.39 is 0 Å². The number of rotatable bonds is 9. The van der Waals surface area contributed by atoms with Gasteiger partial charge in [0, 0.05) is 39.1 Å². The van der Waals surface area contributed by atoms with Crippen LogP contribution in [0.1, 0.15) is 35.2 Å². The third kappa shape index (κ3) is 5.91. The summed E-state index contributed by atoms with van der Waals surface area (Å²) in [6, 6.07) is 18.2. The third-order valence-corrected chi connectivity index (χ3v) is 5.25. The SMILES string of the molecule is COc1ccccc1C(=O)CCCCN1CCN(Cc2ccccc2)CC1. The van der Waals surface area contributed by atoms with Gasteiger partial charge in [-0.15, -0.1) is 0 Å². The first-order chi connectivity index (χ1) is 13.3. The van der Waals surface area contributed by atoms with Crippen molar-refractivity contribution in [2.24, 2.45) is 0 Å². The standard InChI is InChI=1S/C23H30N2O2/c1-27-23-13-6-5-11-21(23)22(26)12-7-8-14-24-15-17-25(18-16-24)19-20-9-3-2-4-10-20/h2-6,9-11,13H,7-8,12,14-19H2,1H3. The smallest absolute Gasteiger partial charge is 0.166 e. The average molecular weight is 367 g/mol. The lowest BCUT2D eigenvalue weighted by Gasteiger charge is -2.34. The van der Waals surface area contributed by atoms with E-state index in [9.17, 15) is 4.79 Å². The molecule has 1 aliphatic heterocycles. The molecule has 3 rings (SSSR count). The maximum atomic E-state index is 12.4. The summed E-state index contributed by atoms with van der Waals surface area (Å²) in [5.41, 5.74) is 2.09. The molecule has 0 aromatic heterocycles. The first-order valence-electron chi connectivity index (χ1n) is 9.91. The molecule has 0 atom stereocenters. The van der Waals surface area contributed by atoms with E-state index in [1.54, 1.807) is 7.11 Å². The summed E-state index contributed by atoms with van der Waals surface area (Å²) in [5, 5.41) is 0. The summed E-state index contributed by atoms with van der Waals surface area (Å²) in [7, 11) is 1.61. The minimum atomic E-state index is 0.181. The predicted molar refractivity (Wildman–Crippen MR) is 109 cm³/mol. The molecular weight excluding hydrogens is 336 g/mol. The lowest BCUT2D eigenvalue weighted by molar-refractivity contribution is 0.0970. The Morgan fingerprint density at radius 1 is 0.889 bits per heavy atom. The topological polar surface area (TPSA) is 32.8 Å². The second kappa shape index (κ2) is 10.2. The van der Waals surface area contributed by atoms with Crippen LogP contribution in [0.3, 0.4) is 0 Å². The van der Waals surface area contributed by atoms with E-state index in [2.05, 4.69) is 40.1 Å². The van der Waals surface area contributed by atoms with Gasteiger partial charge in [0.1, 0.15) is 5.75 Å².